The van der Waals surface area contributed by atoms with Crippen molar-refractivity contribution in [1.29, 1.82) is 0 Å². The summed E-state index contributed by atoms with van der Waals surface area (Å²) < 4.78 is 0. The van der Waals surface area contributed by atoms with E-state index in [1.165, 1.54) is 0 Å². The van der Waals surface area contributed by atoms with Crippen LogP contribution in [0, 0.1) is 0 Å². The number of rotatable bonds is 4. The predicted octanol–water partition coefficient (Wildman–Crippen LogP) is 0.0577. The van der Waals surface area contributed by atoms with Gasteiger partial charge in [0.1, 0.15) is 6.54 Å². The predicted molar refractivity (Wildman–Crippen MR) is 79.1 cm³/mol. The minimum Gasteiger partial charge on any atom is -0.480 e. The summed E-state index contributed by atoms with van der Waals surface area (Å²) in [6.07, 6.45) is 0.692. The van der Waals surface area contributed by atoms with E-state index in [4.69, 9.17) is 5.11 Å². The monoisotopic (exact) mass is 317 g/mol. The lowest BCUT2D eigenvalue weighted by Crippen LogP contribution is -2.50. The maximum atomic E-state index is 12.7. The lowest BCUT2D eigenvalue weighted by Gasteiger charge is -2.29. The molecular weight excluding hydrogens is 302 g/mol. The molecular formula is C15H15N3O5. The largest absolute Gasteiger partial charge is 0.480 e. The van der Waals surface area contributed by atoms with Crippen molar-refractivity contribution in [3.05, 3.63) is 29.3 Å². The number of carbonyl (C=O) groups is 4. The van der Waals surface area contributed by atoms with Crippen LogP contribution in [0.15, 0.2) is 18.2 Å². The van der Waals surface area contributed by atoms with E-state index in [0.717, 1.165) is 4.90 Å². The summed E-state index contributed by atoms with van der Waals surface area (Å²) in [4.78, 5) is 48.3. The molecule has 0 radical (unpaired) electrons. The Morgan fingerprint density at radius 2 is 2.09 bits per heavy atom. The van der Waals surface area contributed by atoms with Crippen LogP contribution in [0.2, 0.25) is 0 Å². The molecule has 2 aliphatic heterocycles. The van der Waals surface area contributed by atoms with E-state index in [0.29, 0.717) is 12.1 Å². The topological polar surface area (TPSA) is 116 Å². The van der Waals surface area contributed by atoms with Crippen LogP contribution in [0.4, 0.5) is 5.69 Å². The van der Waals surface area contributed by atoms with Crippen molar-refractivity contribution in [3.8, 4) is 0 Å². The molecule has 3 rings (SSSR count). The molecule has 2 heterocycles. The second kappa shape index (κ2) is 5.71. The molecule has 120 valence electrons. The lowest BCUT2D eigenvalue weighted by atomic mass is 10.1. The van der Waals surface area contributed by atoms with E-state index >= 15 is 0 Å². The average molecular weight is 317 g/mol. The number of piperidine rings is 1. The summed E-state index contributed by atoms with van der Waals surface area (Å²) in [5.74, 6) is -2.03. The Kier molecular flexibility index (Phi) is 3.73. The number of imide groups is 1. The van der Waals surface area contributed by atoms with Gasteiger partial charge in [0, 0.05) is 18.7 Å². The number of carboxylic acid groups (broad SMARTS) is 1. The lowest BCUT2D eigenvalue weighted by molar-refractivity contribution is -0.135. The number of nitrogens with one attached hydrogen (secondary N) is 2. The van der Waals surface area contributed by atoms with Gasteiger partial charge in [-0.05, 0) is 18.6 Å². The van der Waals surface area contributed by atoms with Crippen LogP contribution in [-0.2, 0) is 9.59 Å². The van der Waals surface area contributed by atoms with Crippen molar-refractivity contribution in [2.75, 3.05) is 18.4 Å². The number of aliphatic carboxylic acids is 1. The molecule has 1 aromatic rings. The Hall–Kier alpha value is -2.90. The zero-order valence-corrected chi connectivity index (χ0v) is 12.2. The molecule has 0 aliphatic carbocycles. The maximum Gasteiger partial charge on any atom is 0.322 e. The van der Waals surface area contributed by atoms with Crippen molar-refractivity contribution >= 4 is 29.4 Å². The van der Waals surface area contributed by atoms with E-state index in [1.807, 2.05) is 0 Å². The smallest absolute Gasteiger partial charge is 0.322 e. The summed E-state index contributed by atoms with van der Waals surface area (Å²) in [5.41, 5.74) is 0.767. The molecule has 0 bridgehead atoms. The van der Waals surface area contributed by atoms with Crippen LogP contribution in [0.1, 0.15) is 33.6 Å². The number of carboxylic acids is 1. The van der Waals surface area contributed by atoms with E-state index in [2.05, 4.69) is 10.6 Å². The number of fused-ring (bicyclic) bond motifs is 1. The molecule has 0 spiro atoms. The molecule has 3 N–H and O–H groups in total. The minimum atomic E-state index is -1.06. The Bertz CT molecular complexity index is 705. The summed E-state index contributed by atoms with van der Waals surface area (Å²) in [6.45, 7) is -0.112. The van der Waals surface area contributed by atoms with Crippen LogP contribution in [-0.4, -0.2) is 52.8 Å². The van der Waals surface area contributed by atoms with Gasteiger partial charge in [0.15, 0.2) is 0 Å². The fourth-order valence-electron chi connectivity index (χ4n) is 2.89. The molecule has 1 unspecified atom stereocenters. The molecule has 23 heavy (non-hydrogen) atoms. The number of hydrogen-bond acceptors (Lipinski definition) is 5. The first-order valence-corrected chi connectivity index (χ1v) is 7.22. The molecule has 8 nitrogen and oxygen atoms in total. The maximum absolute atomic E-state index is 12.7. The first-order chi connectivity index (χ1) is 11.0. The third-order valence-electron chi connectivity index (χ3n) is 3.98. The van der Waals surface area contributed by atoms with Crippen molar-refractivity contribution in [2.45, 2.75) is 18.9 Å². The highest BCUT2D eigenvalue weighted by atomic mass is 16.4. The molecule has 2 aliphatic rings. The van der Waals surface area contributed by atoms with Gasteiger partial charge in [-0.3, -0.25) is 24.1 Å². The van der Waals surface area contributed by atoms with Crippen molar-refractivity contribution in [2.24, 2.45) is 0 Å². The molecule has 1 fully saturated rings. The van der Waals surface area contributed by atoms with Gasteiger partial charge in [-0.15, -0.1) is 0 Å². The Morgan fingerprint density at radius 1 is 1.30 bits per heavy atom. The molecule has 1 atom stereocenters. The third-order valence-corrected chi connectivity index (χ3v) is 3.98. The zero-order valence-electron chi connectivity index (χ0n) is 12.2. The van der Waals surface area contributed by atoms with Crippen molar-refractivity contribution in [1.82, 2.24) is 10.2 Å². The van der Waals surface area contributed by atoms with E-state index in [-0.39, 0.29) is 42.6 Å². The van der Waals surface area contributed by atoms with Crippen molar-refractivity contribution < 1.29 is 24.3 Å². The fraction of sp³-hybridized carbons (Fsp3) is 0.333. The van der Waals surface area contributed by atoms with Gasteiger partial charge in [0.25, 0.3) is 11.8 Å². The van der Waals surface area contributed by atoms with E-state index < -0.39 is 17.8 Å². The van der Waals surface area contributed by atoms with Gasteiger partial charge >= 0.3 is 5.97 Å². The zero-order chi connectivity index (χ0) is 16.6. The quantitative estimate of drug-likeness (QED) is 0.676. The first-order valence-electron chi connectivity index (χ1n) is 7.22. The Labute approximate surface area is 131 Å². The molecule has 1 saturated heterocycles. The summed E-state index contributed by atoms with van der Waals surface area (Å²) in [5, 5.41) is 14.1. The summed E-state index contributed by atoms with van der Waals surface area (Å²) in [7, 11) is 0. The molecule has 3 amide bonds. The van der Waals surface area contributed by atoms with Gasteiger partial charge in [-0.2, -0.15) is 0 Å². The van der Waals surface area contributed by atoms with E-state index in [1.54, 1.807) is 18.2 Å². The highest BCUT2D eigenvalue weighted by Crippen LogP contribution is 2.31. The number of hydrogen-bond donors (Lipinski definition) is 3. The number of amides is 3. The van der Waals surface area contributed by atoms with Gasteiger partial charge in [-0.25, -0.2) is 0 Å². The van der Waals surface area contributed by atoms with Gasteiger partial charge < -0.3 is 15.7 Å². The molecule has 8 heteroatoms. The SMILES string of the molecule is O=C(O)CNc1cccc2c1C(=O)N(C1CCC(=O)NC1)C2=O. The van der Waals surface area contributed by atoms with Crippen LogP contribution < -0.4 is 10.6 Å². The Balaban J connectivity index is 1.89. The molecule has 0 aromatic heterocycles. The Morgan fingerprint density at radius 3 is 2.74 bits per heavy atom. The van der Waals surface area contributed by atoms with Crippen LogP contribution in [0.5, 0.6) is 0 Å². The van der Waals surface area contributed by atoms with Crippen LogP contribution in [0.3, 0.4) is 0 Å². The van der Waals surface area contributed by atoms with Gasteiger partial charge in [0.2, 0.25) is 5.91 Å². The molecule has 0 saturated carbocycles. The second-order valence-corrected chi connectivity index (χ2v) is 5.45. The van der Waals surface area contributed by atoms with Crippen LogP contribution in [0.25, 0.3) is 0 Å². The average Bonchev–Trinajstić information content (AvgIpc) is 2.78. The highest BCUT2D eigenvalue weighted by molar-refractivity contribution is 6.24. The summed E-state index contributed by atoms with van der Waals surface area (Å²) in [6, 6.07) is 4.33. The summed E-state index contributed by atoms with van der Waals surface area (Å²) >= 11 is 0. The van der Waals surface area contributed by atoms with Crippen LogP contribution >= 0.6 is 0 Å². The highest BCUT2D eigenvalue weighted by Gasteiger charge is 2.42. The normalized spacial score (nSPS) is 20.3. The number of benzene rings is 1. The van der Waals surface area contributed by atoms with Gasteiger partial charge in [-0.1, -0.05) is 6.07 Å². The van der Waals surface area contributed by atoms with Gasteiger partial charge in [0.05, 0.1) is 17.2 Å². The second-order valence-electron chi connectivity index (χ2n) is 5.45. The fourth-order valence-corrected chi connectivity index (χ4v) is 2.89. The minimum absolute atomic E-state index is 0.0957. The number of anilines is 1. The molecule has 1 aromatic carbocycles. The number of nitrogens with zero attached hydrogens (tertiary/aromatic N) is 1. The van der Waals surface area contributed by atoms with Crippen molar-refractivity contribution in [3.63, 3.8) is 0 Å². The number of carbonyl (C=O) groups excluding carboxylic acids is 3. The standard InChI is InChI=1S/C15H15N3O5/c19-11-5-4-8(6-17-11)18-14(22)9-2-1-3-10(13(9)15(18)23)16-7-12(20)21/h1-3,8,16H,4-7H2,(H,17,19)(H,20,21). The first kappa shape index (κ1) is 15.0. The van der Waals surface area contributed by atoms with E-state index in [9.17, 15) is 19.2 Å². The third kappa shape index (κ3) is 2.63.